The van der Waals surface area contributed by atoms with Crippen LogP contribution in [-0.2, 0) is 12.8 Å². The van der Waals surface area contributed by atoms with Gasteiger partial charge in [0.05, 0.1) is 0 Å². The number of rotatable bonds is 0. The molecular weight excluding hydrogens is 178 g/mol. The molecule has 0 amide bonds. The van der Waals surface area contributed by atoms with Gasteiger partial charge in [0.1, 0.15) is 0 Å². The molecule has 0 saturated heterocycles. The lowest BCUT2D eigenvalue weighted by atomic mass is 10.0. The highest BCUT2D eigenvalue weighted by Crippen LogP contribution is 2.39. The van der Waals surface area contributed by atoms with Crippen LogP contribution in [-0.4, -0.2) is 13.1 Å². The summed E-state index contributed by atoms with van der Waals surface area (Å²) in [5.41, 5.74) is 2.69. The molecule has 0 spiro atoms. The first-order valence-corrected chi connectivity index (χ1v) is 4.95. The van der Waals surface area contributed by atoms with Crippen molar-refractivity contribution in [3.63, 3.8) is 0 Å². The summed E-state index contributed by atoms with van der Waals surface area (Å²) in [5, 5.41) is 3.38. The van der Waals surface area contributed by atoms with Crippen LogP contribution in [0.25, 0.3) is 0 Å². The van der Waals surface area contributed by atoms with E-state index in [1.807, 2.05) is 6.07 Å². The molecule has 3 heteroatoms. The Kier molecular flexibility index (Phi) is 1.84. The highest BCUT2D eigenvalue weighted by Gasteiger charge is 2.21. The first kappa shape index (κ1) is 8.12. The van der Waals surface area contributed by atoms with E-state index >= 15 is 0 Å². The Labute approximate surface area is 83.0 Å². The van der Waals surface area contributed by atoms with Gasteiger partial charge in [0.15, 0.2) is 11.5 Å². The van der Waals surface area contributed by atoms with Crippen LogP contribution < -0.4 is 14.8 Å². The SMILES string of the molecule is [CH]1Oc2ccc3c(c2O1)CCNCC3. The second kappa shape index (κ2) is 3.17. The molecule has 1 aromatic rings. The number of hydrogen-bond donors (Lipinski definition) is 1. The minimum Gasteiger partial charge on any atom is -0.444 e. The van der Waals surface area contributed by atoms with Gasteiger partial charge in [-0.1, -0.05) is 6.07 Å². The number of nitrogens with one attached hydrogen (secondary N) is 1. The zero-order chi connectivity index (χ0) is 9.38. The molecule has 2 aliphatic rings. The molecular formula is C11H12NO2. The van der Waals surface area contributed by atoms with E-state index < -0.39 is 0 Å². The minimum absolute atomic E-state index is 0.852. The van der Waals surface area contributed by atoms with Crippen LogP contribution in [0.4, 0.5) is 0 Å². The standard InChI is InChI=1S/C11H12NO2/c1-2-10-11(14-7-13-10)9-4-6-12-5-3-8(1)9/h1-2,7,12H,3-6H2. The predicted molar refractivity (Wildman–Crippen MR) is 52.3 cm³/mol. The van der Waals surface area contributed by atoms with Crippen LogP contribution in [0.15, 0.2) is 12.1 Å². The Morgan fingerprint density at radius 3 is 3.00 bits per heavy atom. The van der Waals surface area contributed by atoms with Gasteiger partial charge in [-0.2, -0.15) is 0 Å². The topological polar surface area (TPSA) is 30.5 Å². The number of ether oxygens (including phenoxy) is 2. The molecule has 0 aliphatic carbocycles. The highest BCUT2D eigenvalue weighted by molar-refractivity contribution is 5.53. The molecule has 3 rings (SSSR count). The first-order valence-electron chi connectivity index (χ1n) is 4.95. The Morgan fingerprint density at radius 2 is 2.00 bits per heavy atom. The molecule has 0 bridgehead atoms. The van der Waals surface area contributed by atoms with Crippen molar-refractivity contribution in [1.82, 2.24) is 5.32 Å². The molecule has 3 nitrogen and oxygen atoms in total. The lowest BCUT2D eigenvalue weighted by Crippen LogP contribution is -2.16. The van der Waals surface area contributed by atoms with Gasteiger partial charge in [-0.05, 0) is 37.6 Å². The second-order valence-corrected chi connectivity index (χ2v) is 3.61. The van der Waals surface area contributed by atoms with Crippen molar-refractivity contribution in [3.05, 3.63) is 30.1 Å². The summed E-state index contributed by atoms with van der Waals surface area (Å²) in [5.74, 6) is 1.77. The number of hydrogen-bond acceptors (Lipinski definition) is 3. The van der Waals surface area contributed by atoms with Gasteiger partial charge >= 0.3 is 6.79 Å². The summed E-state index contributed by atoms with van der Waals surface area (Å²) < 4.78 is 10.6. The van der Waals surface area contributed by atoms with Gasteiger partial charge in [-0.15, -0.1) is 0 Å². The lowest BCUT2D eigenvalue weighted by Gasteiger charge is -2.07. The molecule has 1 radical (unpaired) electrons. The van der Waals surface area contributed by atoms with Crippen LogP contribution in [0, 0.1) is 6.79 Å². The zero-order valence-corrected chi connectivity index (χ0v) is 7.88. The minimum atomic E-state index is 0.852. The first-order chi connectivity index (χ1) is 6.95. The number of benzene rings is 1. The predicted octanol–water partition coefficient (Wildman–Crippen LogP) is 1.27. The maximum absolute atomic E-state index is 5.38. The largest absolute Gasteiger partial charge is 0.444 e. The third-order valence-corrected chi connectivity index (χ3v) is 2.79. The molecule has 0 fully saturated rings. The van der Waals surface area contributed by atoms with Gasteiger partial charge in [0.2, 0.25) is 0 Å². The smallest absolute Gasteiger partial charge is 0.316 e. The fraction of sp³-hybridized carbons (Fsp3) is 0.364. The van der Waals surface area contributed by atoms with Gasteiger partial charge in [-0.3, -0.25) is 0 Å². The van der Waals surface area contributed by atoms with Gasteiger partial charge in [-0.25, -0.2) is 0 Å². The van der Waals surface area contributed by atoms with Crippen LogP contribution in [0.5, 0.6) is 11.5 Å². The fourth-order valence-electron chi connectivity index (χ4n) is 2.06. The summed E-state index contributed by atoms with van der Waals surface area (Å²) in [7, 11) is 0. The van der Waals surface area contributed by atoms with Gasteiger partial charge < -0.3 is 14.8 Å². The van der Waals surface area contributed by atoms with Crippen LogP contribution in [0.3, 0.4) is 0 Å². The molecule has 2 aliphatic heterocycles. The summed E-state index contributed by atoms with van der Waals surface area (Å²) >= 11 is 0. The van der Waals surface area contributed by atoms with Crippen LogP contribution in [0.2, 0.25) is 0 Å². The molecule has 1 N–H and O–H groups in total. The Morgan fingerprint density at radius 1 is 1.07 bits per heavy atom. The maximum atomic E-state index is 5.38. The molecule has 0 atom stereocenters. The average Bonchev–Trinajstić information content (AvgIpc) is 2.55. The van der Waals surface area contributed by atoms with Crippen molar-refractivity contribution < 1.29 is 9.47 Å². The molecule has 0 unspecified atom stereocenters. The summed E-state index contributed by atoms with van der Waals surface area (Å²) in [6.07, 6.45) is 2.10. The van der Waals surface area contributed by atoms with Gasteiger partial charge in [0, 0.05) is 5.56 Å². The quantitative estimate of drug-likeness (QED) is 0.668. The molecule has 0 aromatic heterocycles. The Balaban J connectivity index is 2.11. The van der Waals surface area contributed by atoms with E-state index in [0.29, 0.717) is 0 Å². The van der Waals surface area contributed by atoms with E-state index in [-0.39, 0.29) is 0 Å². The lowest BCUT2D eigenvalue weighted by molar-refractivity contribution is 0.269. The highest BCUT2D eigenvalue weighted by atomic mass is 16.7. The summed E-state index contributed by atoms with van der Waals surface area (Å²) in [6.45, 7) is 3.48. The van der Waals surface area contributed by atoms with Crippen LogP contribution in [0.1, 0.15) is 11.1 Å². The monoisotopic (exact) mass is 190 g/mol. The van der Waals surface area contributed by atoms with Crippen molar-refractivity contribution in [2.45, 2.75) is 12.8 Å². The Hall–Kier alpha value is -1.22. The van der Waals surface area contributed by atoms with Crippen molar-refractivity contribution >= 4 is 0 Å². The third-order valence-electron chi connectivity index (χ3n) is 2.79. The van der Waals surface area contributed by atoms with Crippen molar-refractivity contribution in [3.8, 4) is 11.5 Å². The molecule has 0 saturated carbocycles. The van der Waals surface area contributed by atoms with Crippen molar-refractivity contribution in [2.75, 3.05) is 13.1 Å². The molecule has 2 heterocycles. The molecule has 14 heavy (non-hydrogen) atoms. The van der Waals surface area contributed by atoms with E-state index in [1.54, 1.807) is 0 Å². The summed E-state index contributed by atoms with van der Waals surface area (Å²) in [6, 6.07) is 4.13. The summed E-state index contributed by atoms with van der Waals surface area (Å²) in [4.78, 5) is 0. The van der Waals surface area contributed by atoms with Crippen LogP contribution >= 0.6 is 0 Å². The zero-order valence-electron chi connectivity index (χ0n) is 7.88. The van der Waals surface area contributed by atoms with E-state index in [9.17, 15) is 0 Å². The third kappa shape index (κ3) is 1.16. The Bertz CT molecular complexity index is 363. The fourth-order valence-corrected chi connectivity index (χ4v) is 2.06. The maximum Gasteiger partial charge on any atom is 0.316 e. The van der Waals surface area contributed by atoms with Crippen molar-refractivity contribution in [2.24, 2.45) is 0 Å². The molecule has 1 aromatic carbocycles. The normalized spacial score (nSPS) is 18.9. The van der Waals surface area contributed by atoms with E-state index in [2.05, 4.69) is 11.4 Å². The van der Waals surface area contributed by atoms with E-state index in [4.69, 9.17) is 9.47 Å². The van der Waals surface area contributed by atoms with E-state index in [1.165, 1.54) is 17.9 Å². The second-order valence-electron chi connectivity index (χ2n) is 3.61. The van der Waals surface area contributed by atoms with Gasteiger partial charge in [0.25, 0.3) is 0 Å². The average molecular weight is 190 g/mol. The number of fused-ring (bicyclic) bond motifs is 3. The molecule has 73 valence electrons. The van der Waals surface area contributed by atoms with E-state index in [0.717, 1.165) is 37.4 Å². The van der Waals surface area contributed by atoms with Crippen molar-refractivity contribution in [1.29, 1.82) is 0 Å².